The molecule has 0 atom stereocenters. The van der Waals surface area contributed by atoms with Crippen molar-refractivity contribution in [3.63, 3.8) is 0 Å². The number of hydrogen-bond donors (Lipinski definition) is 2. The van der Waals surface area contributed by atoms with E-state index in [0.717, 1.165) is 25.7 Å². The van der Waals surface area contributed by atoms with Crippen molar-refractivity contribution in [1.82, 2.24) is 10.3 Å². The summed E-state index contributed by atoms with van der Waals surface area (Å²) in [6.07, 6.45) is 5.54. The van der Waals surface area contributed by atoms with Crippen molar-refractivity contribution in [2.45, 2.75) is 50.3 Å². The lowest BCUT2D eigenvalue weighted by atomic mass is 10.1. The Hall–Kier alpha value is -1.40. The standard InChI is InChI=1S/C14H22N2O3S/c1-2-3-4-5-9-12-14(17)15-16-20(18,19)13-10-7-6-8-11-13/h6-8,10-11,16H,2-5,9,12H2,1H3,(H,15,17). The molecule has 0 spiro atoms. The molecule has 0 aliphatic heterocycles. The minimum atomic E-state index is -3.68. The Morgan fingerprint density at radius 2 is 1.70 bits per heavy atom. The van der Waals surface area contributed by atoms with E-state index >= 15 is 0 Å². The number of hydrazine groups is 1. The van der Waals surface area contributed by atoms with Crippen LogP contribution in [0.1, 0.15) is 45.4 Å². The molecular weight excluding hydrogens is 276 g/mol. The molecule has 112 valence electrons. The Morgan fingerprint density at radius 1 is 1.05 bits per heavy atom. The Kier molecular flexibility index (Phi) is 7.25. The van der Waals surface area contributed by atoms with Crippen LogP contribution in [0.25, 0.3) is 0 Å². The van der Waals surface area contributed by atoms with Crippen LogP contribution in [0.2, 0.25) is 0 Å². The average molecular weight is 298 g/mol. The van der Waals surface area contributed by atoms with Crippen molar-refractivity contribution in [1.29, 1.82) is 0 Å². The van der Waals surface area contributed by atoms with Gasteiger partial charge in [0.15, 0.2) is 0 Å². The van der Waals surface area contributed by atoms with E-state index in [2.05, 4.69) is 17.2 Å². The topological polar surface area (TPSA) is 75.3 Å². The zero-order chi connectivity index (χ0) is 14.8. The first kappa shape index (κ1) is 16.7. The van der Waals surface area contributed by atoms with Crippen LogP contribution in [0.5, 0.6) is 0 Å². The molecule has 0 bridgehead atoms. The van der Waals surface area contributed by atoms with Crippen LogP contribution in [-0.2, 0) is 14.8 Å². The summed E-state index contributed by atoms with van der Waals surface area (Å²) in [5, 5.41) is 0. The van der Waals surface area contributed by atoms with Gasteiger partial charge >= 0.3 is 0 Å². The van der Waals surface area contributed by atoms with Crippen LogP contribution >= 0.6 is 0 Å². The molecule has 2 N–H and O–H groups in total. The molecule has 0 saturated carbocycles. The number of sulfonamides is 1. The third-order valence-electron chi connectivity index (χ3n) is 2.89. The van der Waals surface area contributed by atoms with E-state index in [1.807, 2.05) is 0 Å². The van der Waals surface area contributed by atoms with Gasteiger partial charge in [0.1, 0.15) is 0 Å². The first-order valence-corrected chi connectivity index (χ1v) is 8.40. The van der Waals surface area contributed by atoms with Gasteiger partial charge in [-0.3, -0.25) is 10.2 Å². The second-order valence-corrected chi connectivity index (χ2v) is 6.31. The Morgan fingerprint density at radius 3 is 2.35 bits per heavy atom. The molecule has 0 radical (unpaired) electrons. The summed E-state index contributed by atoms with van der Waals surface area (Å²) in [6.45, 7) is 2.13. The molecule has 0 aliphatic carbocycles. The molecule has 20 heavy (non-hydrogen) atoms. The van der Waals surface area contributed by atoms with Crippen molar-refractivity contribution in [2.24, 2.45) is 0 Å². The third-order valence-corrected chi connectivity index (χ3v) is 4.15. The third kappa shape index (κ3) is 6.16. The van der Waals surface area contributed by atoms with E-state index in [1.165, 1.54) is 18.6 Å². The van der Waals surface area contributed by atoms with E-state index in [9.17, 15) is 13.2 Å². The van der Waals surface area contributed by atoms with E-state index in [4.69, 9.17) is 0 Å². The molecule has 0 unspecified atom stereocenters. The molecule has 1 amide bonds. The second kappa shape index (κ2) is 8.71. The number of carbonyl (C=O) groups excluding carboxylic acids is 1. The molecule has 0 aliphatic rings. The van der Waals surface area contributed by atoms with Gasteiger partial charge in [0.25, 0.3) is 10.0 Å². The Labute approximate surface area is 120 Å². The van der Waals surface area contributed by atoms with Gasteiger partial charge in [-0.1, -0.05) is 50.8 Å². The van der Waals surface area contributed by atoms with Gasteiger partial charge in [0, 0.05) is 6.42 Å². The summed E-state index contributed by atoms with van der Waals surface area (Å²) >= 11 is 0. The second-order valence-electron chi connectivity index (χ2n) is 4.63. The highest BCUT2D eigenvalue weighted by Gasteiger charge is 2.13. The number of amides is 1. The van der Waals surface area contributed by atoms with Crippen molar-refractivity contribution >= 4 is 15.9 Å². The number of hydrogen-bond acceptors (Lipinski definition) is 3. The lowest BCUT2D eigenvalue weighted by Gasteiger charge is -2.08. The van der Waals surface area contributed by atoms with E-state index < -0.39 is 10.0 Å². The highest BCUT2D eigenvalue weighted by molar-refractivity contribution is 7.89. The minimum Gasteiger partial charge on any atom is -0.278 e. The van der Waals surface area contributed by atoms with Crippen molar-refractivity contribution in [3.8, 4) is 0 Å². The quantitative estimate of drug-likeness (QED) is 0.543. The lowest BCUT2D eigenvalue weighted by Crippen LogP contribution is -2.41. The number of benzene rings is 1. The van der Waals surface area contributed by atoms with Gasteiger partial charge in [-0.25, -0.2) is 8.42 Å². The summed E-state index contributed by atoms with van der Waals surface area (Å²) < 4.78 is 23.7. The number of unbranched alkanes of at least 4 members (excludes halogenated alkanes) is 4. The Bertz CT molecular complexity index is 500. The number of carbonyl (C=O) groups is 1. The molecule has 1 rings (SSSR count). The molecule has 5 nitrogen and oxygen atoms in total. The Balaban J connectivity index is 2.30. The predicted molar refractivity (Wildman–Crippen MR) is 78.3 cm³/mol. The van der Waals surface area contributed by atoms with Crippen LogP contribution in [0.3, 0.4) is 0 Å². The molecule has 0 fully saturated rings. The molecule has 0 saturated heterocycles. The largest absolute Gasteiger partial charge is 0.278 e. The molecule has 1 aromatic carbocycles. The zero-order valence-corrected chi connectivity index (χ0v) is 12.6. The predicted octanol–water partition coefficient (Wildman–Crippen LogP) is 2.36. The summed E-state index contributed by atoms with van der Waals surface area (Å²) in [5.74, 6) is -0.305. The van der Waals surface area contributed by atoms with Gasteiger partial charge in [0.2, 0.25) is 5.91 Å². The monoisotopic (exact) mass is 298 g/mol. The number of nitrogens with one attached hydrogen (secondary N) is 2. The maximum Gasteiger partial charge on any atom is 0.257 e. The highest BCUT2D eigenvalue weighted by Crippen LogP contribution is 2.07. The van der Waals surface area contributed by atoms with Crippen molar-refractivity contribution in [3.05, 3.63) is 30.3 Å². The average Bonchev–Trinajstić information content (AvgIpc) is 2.46. The van der Waals surface area contributed by atoms with Crippen LogP contribution in [0.4, 0.5) is 0 Å². The number of rotatable bonds is 9. The maximum absolute atomic E-state index is 11.8. The van der Waals surface area contributed by atoms with Crippen LogP contribution in [0, 0.1) is 0 Å². The first-order valence-electron chi connectivity index (χ1n) is 6.92. The van der Waals surface area contributed by atoms with Crippen LogP contribution in [0.15, 0.2) is 35.2 Å². The molecule has 0 heterocycles. The fraction of sp³-hybridized carbons (Fsp3) is 0.500. The summed E-state index contributed by atoms with van der Waals surface area (Å²) in [7, 11) is -3.68. The highest BCUT2D eigenvalue weighted by atomic mass is 32.2. The van der Waals surface area contributed by atoms with Crippen molar-refractivity contribution < 1.29 is 13.2 Å². The molecule has 0 aromatic heterocycles. The first-order chi connectivity index (χ1) is 9.56. The SMILES string of the molecule is CCCCCCCC(=O)NNS(=O)(=O)c1ccccc1. The van der Waals surface area contributed by atoms with Gasteiger partial charge in [0.05, 0.1) is 4.90 Å². The van der Waals surface area contributed by atoms with Gasteiger partial charge in [-0.15, -0.1) is 4.83 Å². The maximum atomic E-state index is 11.8. The summed E-state index contributed by atoms with van der Waals surface area (Å²) in [4.78, 5) is 13.7. The molecular formula is C14H22N2O3S. The van der Waals surface area contributed by atoms with E-state index in [-0.39, 0.29) is 10.8 Å². The van der Waals surface area contributed by atoms with Gasteiger partial charge in [-0.2, -0.15) is 0 Å². The van der Waals surface area contributed by atoms with Crippen molar-refractivity contribution in [2.75, 3.05) is 0 Å². The normalized spacial score (nSPS) is 11.2. The van der Waals surface area contributed by atoms with E-state index in [0.29, 0.717) is 6.42 Å². The minimum absolute atomic E-state index is 0.128. The smallest absolute Gasteiger partial charge is 0.257 e. The van der Waals surface area contributed by atoms with Gasteiger partial charge in [-0.05, 0) is 18.6 Å². The molecule has 1 aromatic rings. The van der Waals surface area contributed by atoms with Crippen LogP contribution < -0.4 is 10.3 Å². The van der Waals surface area contributed by atoms with Gasteiger partial charge < -0.3 is 0 Å². The fourth-order valence-electron chi connectivity index (χ4n) is 1.73. The summed E-state index contributed by atoms with van der Waals surface area (Å²) in [6, 6.07) is 7.93. The molecule has 6 heteroatoms. The lowest BCUT2D eigenvalue weighted by molar-refractivity contribution is -0.121. The summed E-state index contributed by atoms with van der Waals surface area (Å²) in [5.41, 5.74) is 2.24. The van der Waals surface area contributed by atoms with E-state index in [1.54, 1.807) is 18.2 Å². The fourth-order valence-corrected chi connectivity index (χ4v) is 2.62. The van der Waals surface area contributed by atoms with Crippen LogP contribution in [-0.4, -0.2) is 14.3 Å². The zero-order valence-electron chi connectivity index (χ0n) is 11.8.